The van der Waals surface area contributed by atoms with Crippen molar-refractivity contribution in [2.45, 2.75) is 58.8 Å². The number of halogens is 3. The summed E-state index contributed by atoms with van der Waals surface area (Å²) >= 11 is 0. The number of aromatic nitrogens is 1. The highest BCUT2D eigenvalue weighted by Gasteiger charge is 2.61. The average molecular weight is 356 g/mol. The molecule has 1 amide bonds. The van der Waals surface area contributed by atoms with Crippen LogP contribution in [0.15, 0.2) is 23.1 Å². The summed E-state index contributed by atoms with van der Waals surface area (Å²) in [4.78, 5) is 24.3. The molecule has 2 aliphatic rings. The van der Waals surface area contributed by atoms with E-state index in [1.165, 1.54) is 6.20 Å². The van der Waals surface area contributed by atoms with E-state index < -0.39 is 29.8 Å². The van der Waals surface area contributed by atoms with Gasteiger partial charge in [0.25, 0.3) is 5.56 Å². The summed E-state index contributed by atoms with van der Waals surface area (Å²) in [6.07, 6.45) is -0.461. The number of hydrogen-bond acceptors (Lipinski definition) is 2. The van der Waals surface area contributed by atoms with Crippen LogP contribution < -0.4 is 10.9 Å². The molecular formula is C18H23F3N2O2. The molecule has 2 fully saturated rings. The van der Waals surface area contributed by atoms with Gasteiger partial charge in [-0.15, -0.1) is 0 Å². The lowest BCUT2D eigenvalue weighted by Crippen LogP contribution is -2.48. The molecule has 0 aliphatic heterocycles. The molecule has 1 heterocycles. The highest BCUT2D eigenvalue weighted by atomic mass is 19.4. The second-order valence-electron chi connectivity index (χ2n) is 8.08. The minimum Gasteiger partial charge on any atom is -0.351 e. The molecule has 1 N–H and O–H groups in total. The van der Waals surface area contributed by atoms with Gasteiger partial charge < -0.3 is 9.88 Å². The van der Waals surface area contributed by atoms with Crippen LogP contribution in [0.1, 0.15) is 45.6 Å². The Bertz CT molecular complexity index is 753. The Morgan fingerprint density at radius 1 is 1.36 bits per heavy atom. The van der Waals surface area contributed by atoms with Crippen molar-refractivity contribution in [1.29, 1.82) is 0 Å². The van der Waals surface area contributed by atoms with Gasteiger partial charge in [-0.2, -0.15) is 13.2 Å². The third kappa shape index (κ3) is 2.77. The Hall–Kier alpha value is -1.79. The molecule has 1 aromatic heterocycles. The maximum absolute atomic E-state index is 12.8. The first-order valence-electron chi connectivity index (χ1n) is 8.53. The van der Waals surface area contributed by atoms with Crippen LogP contribution in [0.5, 0.6) is 0 Å². The Balaban J connectivity index is 1.74. The van der Waals surface area contributed by atoms with Crippen LogP contribution in [0.2, 0.25) is 0 Å². The molecule has 2 aliphatic carbocycles. The molecule has 2 bridgehead atoms. The summed E-state index contributed by atoms with van der Waals surface area (Å²) in [7, 11) is 0. The van der Waals surface area contributed by atoms with Crippen molar-refractivity contribution in [2.24, 2.45) is 16.7 Å². The largest absolute Gasteiger partial charge is 0.421 e. The van der Waals surface area contributed by atoms with E-state index in [1.807, 2.05) is 0 Å². The zero-order valence-electron chi connectivity index (χ0n) is 14.6. The second kappa shape index (κ2) is 5.61. The van der Waals surface area contributed by atoms with Gasteiger partial charge in [0.15, 0.2) is 0 Å². The average Bonchev–Trinajstić information content (AvgIpc) is 2.81. The first kappa shape index (κ1) is 18.0. The molecule has 7 heteroatoms. The van der Waals surface area contributed by atoms with Crippen molar-refractivity contribution >= 4 is 5.91 Å². The van der Waals surface area contributed by atoms with Crippen molar-refractivity contribution in [3.05, 3.63) is 34.2 Å². The lowest BCUT2D eigenvalue weighted by Gasteiger charge is -2.39. The van der Waals surface area contributed by atoms with E-state index in [-0.39, 0.29) is 16.9 Å². The number of nitrogens with zero attached hydrogens (tertiary/aromatic N) is 1. The van der Waals surface area contributed by atoms with Crippen molar-refractivity contribution in [2.75, 3.05) is 0 Å². The topological polar surface area (TPSA) is 51.1 Å². The number of amides is 1. The second-order valence-corrected chi connectivity index (χ2v) is 8.08. The molecular weight excluding hydrogens is 333 g/mol. The predicted molar refractivity (Wildman–Crippen MR) is 86.9 cm³/mol. The number of rotatable bonds is 3. The lowest BCUT2D eigenvalue weighted by molar-refractivity contribution is -0.139. The molecule has 4 nitrogen and oxygen atoms in total. The van der Waals surface area contributed by atoms with Crippen LogP contribution in [0.4, 0.5) is 13.2 Å². The van der Waals surface area contributed by atoms with E-state index in [0.29, 0.717) is 5.92 Å². The fraction of sp³-hybridized carbons (Fsp3) is 0.667. The van der Waals surface area contributed by atoms with E-state index in [2.05, 4.69) is 26.1 Å². The van der Waals surface area contributed by atoms with Crippen LogP contribution in [0.25, 0.3) is 0 Å². The molecule has 138 valence electrons. The summed E-state index contributed by atoms with van der Waals surface area (Å²) < 4.78 is 39.3. The highest BCUT2D eigenvalue weighted by Crippen LogP contribution is 2.65. The molecule has 3 rings (SSSR count). The molecule has 25 heavy (non-hydrogen) atoms. The number of nitrogens with one attached hydrogen (secondary N) is 1. The summed E-state index contributed by atoms with van der Waals surface area (Å²) in [5, 5.41) is 2.96. The highest BCUT2D eigenvalue weighted by molar-refractivity contribution is 5.76. The number of hydrogen-bond donors (Lipinski definition) is 1. The third-order valence-electron chi connectivity index (χ3n) is 6.77. The van der Waals surface area contributed by atoms with Crippen molar-refractivity contribution in [3.63, 3.8) is 0 Å². The minimum atomic E-state index is -4.72. The van der Waals surface area contributed by atoms with Gasteiger partial charge in [0.2, 0.25) is 5.91 Å². The van der Waals surface area contributed by atoms with Gasteiger partial charge in [-0.3, -0.25) is 9.59 Å². The van der Waals surface area contributed by atoms with Crippen LogP contribution in [0.3, 0.4) is 0 Å². The number of fused-ring (bicyclic) bond motifs is 2. The molecule has 1 aromatic rings. The van der Waals surface area contributed by atoms with Gasteiger partial charge in [-0.05, 0) is 48.1 Å². The first-order chi connectivity index (χ1) is 11.5. The quantitative estimate of drug-likeness (QED) is 0.904. The van der Waals surface area contributed by atoms with Crippen molar-refractivity contribution in [1.82, 2.24) is 9.88 Å². The smallest absolute Gasteiger partial charge is 0.351 e. The van der Waals surface area contributed by atoms with Gasteiger partial charge in [0, 0.05) is 12.2 Å². The maximum atomic E-state index is 12.8. The number of carbonyl (C=O) groups is 1. The molecule has 3 atom stereocenters. The molecule has 0 unspecified atom stereocenters. The molecule has 0 saturated heterocycles. The SMILES string of the molecule is CC1(C)[C@H]2CC[C@@]1(C)[C@@H](NC(=O)Cn1cccc(C(F)(F)F)c1=O)C2. The standard InChI is InChI=1S/C18H23F3N2O2/c1-16(2)11-6-7-17(16,3)13(9-11)22-14(24)10-23-8-4-5-12(15(23)25)18(19,20)21/h4-5,8,11,13H,6-7,9-10H2,1-3H3,(H,22,24)/t11-,13-,17-/m0/s1. The van der Waals surface area contributed by atoms with Gasteiger partial charge in [0.1, 0.15) is 12.1 Å². The fourth-order valence-electron chi connectivity index (χ4n) is 4.69. The summed E-state index contributed by atoms with van der Waals surface area (Å²) in [5.74, 6) is 0.120. The summed E-state index contributed by atoms with van der Waals surface area (Å²) in [6, 6.07) is 1.87. The summed E-state index contributed by atoms with van der Waals surface area (Å²) in [6.45, 7) is 6.20. The van der Waals surface area contributed by atoms with Gasteiger partial charge in [-0.1, -0.05) is 20.8 Å². The molecule has 0 aromatic carbocycles. The van der Waals surface area contributed by atoms with E-state index in [0.717, 1.165) is 36.0 Å². The number of alkyl halides is 3. The minimum absolute atomic E-state index is 0.00440. The van der Waals surface area contributed by atoms with Crippen LogP contribution in [0, 0.1) is 16.7 Å². The van der Waals surface area contributed by atoms with E-state index in [9.17, 15) is 22.8 Å². The van der Waals surface area contributed by atoms with Crippen molar-refractivity contribution < 1.29 is 18.0 Å². The normalized spacial score (nSPS) is 30.5. The van der Waals surface area contributed by atoms with Crippen molar-refractivity contribution in [3.8, 4) is 0 Å². The molecule has 2 saturated carbocycles. The molecule has 0 radical (unpaired) electrons. The van der Waals surface area contributed by atoms with E-state index in [1.54, 1.807) is 0 Å². The monoisotopic (exact) mass is 356 g/mol. The predicted octanol–water partition coefficient (Wildman–Crippen LogP) is 3.20. The van der Waals surface area contributed by atoms with Crippen LogP contribution in [-0.2, 0) is 17.5 Å². The third-order valence-corrected chi connectivity index (χ3v) is 6.77. The van der Waals surface area contributed by atoms with E-state index >= 15 is 0 Å². The Kier molecular flexibility index (Phi) is 4.04. The van der Waals surface area contributed by atoms with Crippen LogP contribution in [-0.4, -0.2) is 16.5 Å². The van der Waals surface area contributed by atoms with Gasteiger partial charge in [0.05, 0.1) is 0 Å². The van der Waals surface area contributed by atoms with Crippen LogP contribution >= 0.6 is 0 Å². The Morgan fingerprint density at radius 3 is 2.56 bits per heavy atom. The fourth-order valence-corrected chi connectivity index (χ4v) is 4.69. The number of pyridine rings is 1. The van der Waals surface area contributed by atoms with E-state index in [4.69, 9.17) is 0 Å². The summed E-state index contributed by atoms with van der Waals surface area (Å²) in [5.41, 5.74) is -2.34. The van der Waals surface area contributed by atoms with Gasteiger partial charge >= 0.3 is 6.18 Å². The lowest BCUT2D eigenvalue weighted by atomic mass is 9.69. The maximum Gasteiger partial charge on any atom is 0.421 e. The number of carbonyl (C=O) groups excluding carboxylic acids is 1. The Morgan fingerprint density at radius 2 is 2.04 bits per heavy atom. The zero-order chi connectivity index (χ0) is 18.6. The molecule has 0 spiro atoms. The first-order valence-corrected chi connectivity index (χ1v) is 8.53. The van der Waals surface area contributed by atoms with Gasteiger partial charge in [-0.25, -0.2) is 0 Å². The Labute approximate surface area is 144 Å². The zero-order valence-corrected chi connectivity index (χ0v) is 14.6.